The highest BCUT2D eigenvalue weighted by Crippen LogP contribution is 2.23. The van der Waals surface area contributed by atoms with E-state index in [-0.39, 0.29) is 6.03 Å². The molecule has 0 unspecified atom stereocenters. The Hall–Kier alpha value is -2.57. The smallest absolute Gasteiger partial charge is 0.319 e. The predicted octanol–water partition coefficient (Wildman–Crippen LogP) is 3.18. The number of benzene rings is 2. The molecule has 2 aromatic carbocycles. The molecule has 6 nitrogen and oxygen atoms in total. The van der Waals surface area contributed by atoms with Gasteiger partial charge in [-0.2, -0.15) is 0 Å². The summed E-state index contributed by atoms with van der Waals surface area (Å²) in [5.41, 5.74) is 2.73. The summed E-state index contributed by atoms with van der Waals surface area (Å²) in [5.74, 6) is 0.610. The SMILES string of the molecule is COCCOc1ccccc1NC(=O)NCc1ccc(COC)cc1. The molecule has 0 aliphatic heterocycles. The van der Waals surface area contributed by atoms with Crippen LogP contribution in [0.4, 0.5) is 10.5 Å². The molecule has 6 heteroatoms. The van der Waals surface area contributed by atoms with Crippen molar-refractivity contribution in [3.63, 3.8) is 0 Å². The van der Waals surface area contributed by atoms with E-state index in [0.717, 1.165) is 11.1 Å². The number of para-hydroxylation sites is 2. The number of hydrogen-bond donors (Lipinski definition) is 2. The Bertz CT molecular complexity index is 659. The molecule has 0 saturated carbocycles. The van der Waals surface area contributed by atoms with Crippen molar-refractivity contribution in [3.05, 3.63) is 59.7 Å². The number of carbonyl (C=O) groups excluding carboxylic acids is 1. The lowest BCUT2D eigenvalue weighted by molar-refractivity contribution is 0.146. The zero-order valence-electron chi connectivity index (χ0n) is 14.6. The molecule has 0 heterocycles. The largest absolute Gasteiger partial charge is 0.489 e. The van der Waals surface area contributed by atoms with E-state index in [1.165, 1.54) is 0 Å². The summed E-state index contributed by atoms with van der Waals surface area (Å²) < 4.78 is 15.6. The number of ether oxygens (including phenoxy) is 3. The van der Waals surface area contributed by atoms with Crippen molar-refractivity contribution in [2.75, 3.05) is 32.8 Å². The fraction of sp³-hybridized carbons (Fsp3) is 0.316. The van der Waals surface area contributed by atoms with Gasteiger partial charge in [-0.3, -0.25) is 0 Å². The van der Waals surface area contributed by atoms with E-state index in [1.807, 2.05) is 36.4 Å². The van der Waals surface area contributed by atoms with Crippen LogP contribution < -0.4 is 15.4 Å². The molecule has 0 aliphatic carbocycles. The van der Waals surface area contributed by atoms with Gasteiger partial charge in [0.05, 0.1) is 18.9 Å². The van der Waals surface area contributed by atoms with Gasteiger partial charge < -0.3 is 24.8 Å². The standard InChI is InChI=1S/C19H24N2O4/c1-23-11-12-25-18-6-4-3-5-17(18)21-19(22)20-13-15-7-9-16(10-8-15)14-24-2/h3-10H,11-14H2,1-2H3,(H2,20,21,22). The maximum Gasteiger partial charge on any atom is 0.319 e. The van der Waals surface area contributed by atoms with Crippen molar-refractivity contribution in [1.29, 1.82) is 0 Å². The Morgan fingerprint density at radius 1 is 0.920 bits per heavy atom. The van der Waals surface area contributed by atoms with Crippen molar-refractivity contribution < 1.29 is 19.0 Å². The summed E-state index contributed by atoms with van der Waals surface area (Å²) in [6, 6.07) is 14.9. The summed E-state index contributed by atoms with van der Waals surface area (Å²) in [6.45, 7) is 1.92. The molecule has 2 amide bonds. The van der Waals surface area contributed by atoms with Gasteiger partial charge in [-0.15, -0.1) is 0 Å². The van der Waals surface area contributed by atoms with E-state index >= 15 is 0 Å². The normalized spacial score (nSPS) is 10.3. The zero-order chi connectivity index (χ0) is 17.9. The number of methoxy groups -OCH3 is 2. The van der Waals surface area contributed by atoms with Crippen LogP contribution in [0.3, 0.4) is 0 Å². The van der Waals surface area contributed by atoms with Gasteiger partial charge in [-0.05, 0) is 23.3 Å². The summed E-state index contributed by atoms with van der Waals surface area (Å²) in [7, 11) is 3.28. The lowest BCUT2D eigenvalue weighted by Gasteiger charge is -2.13. The van der Waals surface area contributed by atoms with Crippen LogP contribution in [0, 0.1) is 0 Å². The van der Waals surface area contributed by atoms with Gasteiger partial charge in [0, 0.05) is 20.8 Å². The number of anilines is 1. The minimum Gasteiger partial charge on any atom is -0.489 e. The van der Waals surface area contributed by atoms with Gasteiger partial charge in [0.2, 0.25) is 0 Å². The molecule has 134 valence electrons. The summed E-state index contributed by atoms with van der Waals surface area (Å²) >= 11 is 0. The number of hydrogen-bond acceptors (Lipinski definition) is 4. The van der Waals surface area contributed by atoms with E-state index in [9.17, 15) is 4.79 Å². The first-order valence-electron chi connectivity index (χ1n) is 8.05. The molecule has 0 aliphatic rings. The van der Waals surface area contributed by atoms with Gasteiger partial charge in [-0.1, -0.05) is 36.4 Å². The first kappa shape index (κ1) is 18.8. The van der Waals surface area contributed by atoms with Crippen LogP contribution >= 0.6 is 0 Å². The molecular weight excluding hydrogens is 320 g/mol. The number of rotatable bonds is 9. The molecule has 0 bridgehead atoms. The molecule has 2 rings (SSSR count). The van der Waals surface area contributed by atoms with Crippen molar-refractivity contribution >= 4 is 11.7 Å². The first-order chi connectivity index (χ1) is 12.2. The van der Waals surface area contributed by atoms with Gasteiger partial charge in [0.25, 0.3) is 0 Å². The van der Waals surface area contributed by atoms with Crippen molar-refractivity contribution in [2.24, 2.45) is 0 Å². The Balaban J connectivity index is 1.85. The van der Waals surface area contributed by atoms with Gasteiger partial charge in [0.15, 0.2) is 0 Å². The molecule has 0 saturated heterocycles. The lowest BCUT2D eigenvalue weighted by atomic mass is 10.1. The number of urea groups is 1. The monoisotopic (exact) mass is 344 g/mol. The number of nitrogens with one attached hydrogen (secondary N) is 2. The molecule has 25 heavy (non-hydrogen) atoms. The average Bonchev–Trinajstić information content (AvgIpc) is 2.63. The Kier molecular flexibility index (Phi) is 7.75. The summed E-state index contributed by atoms with van der Waals surface area (Å²) in [5, 5.41) is 5.64. The van der Waals surface area contributed by atoms with Crippen molar-refractivity contribution in [3.8, 4) is 5.75 Å². The minimum absolute atomic E-state index is 0.288. The van der Waals surface area contributed by atoms with E-state index in [2.05, 4.69) is 10.6 Å². The van der Waals surface area contributed by atoms with Gasteiger partial charge >= 0.3 is 6.03 Å². The van der Waals surface area contributed by atoms with Crippen LogP contribution in [0.1, 0.15) is 11.1 Å². The third kappa shape index (κ3) is 6.45. The summed E-state index contributed by atoms with van der Waals surface area (Å²) in [6.07, 6.45) is 0. The highest BCUT2D eigenvalue weighted by Gasteiger charge is 2.07. The molecule has 0 aromatic heterocycles. The highest BCUT2D eigenvalue weighted by atomic mass is 16.5. The second-order valence-corrected chi connectivity index (χ2v) is 5.39. The average molecular weight is 344 g/mol. The van der Waals surface area contributed by atoms with E-state index in [4.69, 9.17) is 14.2 Å². The Morgan fingerprint density at radius 2 is 1.64 bits per heavy atom. The lowest BCUT2D eigenvalue weighted by Crippen LogP contribution is -2.28. The molecule has 2 N–H and O–H groups in total. The minimum atomic E-state index is -0.288. The third-order valence-electron chi connectivity index (χ3n) is 3.47. The molecule has 2 aromatic rings. The molecule has 0 radical (unpaired) electrons. The van der Waals surface area contributed by atoms with E-state index in [0.29, 0.717) is 37.8 Å². The fourth-order valence-electron chi connectivity index (χ4n) is 2.20. The Morgan fingerprint density at radius 3 is 2.36 bits per heavy atom. The molecular formula is C19H24N2O4. The van der Waals surface area contributed by atoms with Gasteiger partial charge in [-0.25, -0.2) is 4.79 Å². The van der Waals surface area contributed by atoms with Gasteiger partial charge in [0.1, 0.15) is 12.4 Å². The number of carbonyl (C=O) groups is 1. The third-order valence-corrected chi connectivity index (χ3v) is 3.47. The quantitative estimate of drug-likeness (QED) is 0.686. The molecule has 0 fully saturated rings. The first-order valence-corrected chi connectivity index (χ1v) is 8.05. The van der Waals surface area contributed by atoms with Crippen molar-refractivity contribution in [1.82, 2.24) is 5.32 Å². The second kappa shape index (κ2) is 10.3. The predicted molar refractivity (Wildman–Crippen MR) is 96.8 cm³/mol. The van der Waals surface area contributed by atoms with Crippen molar-refractivity contribution in [2.45, 2.75) is 13.2 Å². The molecule has 0 atom stereocenters. The Labute approximate surface area is 148 Å². The zero-order valence-corrected chi connectivity index (χ0v) is 14.6. The van der Waals surface area contributed by atoms with Crippen LogP contribution in [0.15, 0.2) is 48.5 Å². The highest BCUT2D eigenvalue weighted by molar-refractivity contribution is 5.90. The fourth-order valence-corrected chi connectivity index (χ4v) is 2.20. The van der Waals surface area contributed by atoms with E-state index < -0.39 is 0 Å². The van der Waals surface area contributed by atoms with Crippen LogP contribution in [0.5, 0.6) is 5.75 Å². The van der Waals surface area contributed by atoms with Crippen LogP contribution in [-0.2, 0) is 22.6 Å². The van der Waals surface area contributed by atoms with Crippen LogP contribution in [-0.4, -0.2) is 33.5 Å². The van der Waals surface area contributed by atoms with Crippen LogP contribution in [0.25, 0.3) is 0 Å². The summed E-state index contributed by atoms with van der Waals surface area (Å²) in [4.78, 5) is 12.1. The number of amides is 2. The molecule has 0 spiro atoms. The van der Waals surface area contributed by atoms with Crippen LogP contribution in [0.2, 0.25) is 0 Å². The van der Waals surface area contributed by atoms with E-state index in [1.54, 1.807) is 26.4 Å². The maximum atomic E-state index is 12.1. The second-order valence-electron chi connectivity index (χ2n) is 5.39. The topological polar surface area (TPSA) is 68.8 Å². The maximum absolute atomic E-state index is 12.1.